The molecule has 1 heterocycles. The average molecular weight is 209 g/mol. The van der Waals surface area contributed by atoms with Crippen molar-refractivity contribution >= 4 is 11.6 Å². The van der Waals surface area contributed by atoms with Crippen LogP contribution in [-0.4, -0.2) is 24.2 Å². The molecule has 0 aromatic carbocycles. The number of hydrazone groups is 1. The van der Waals surface area contributed by atoms with Crippen molar-refractivity contribution in [2.24, 2.45) is 11.0 Å². The molecule has 15 heavy (non-hydrogen) atoms. The molecule has 1 unspecified atom stereocenters. The number of carbonyl (C=O) groups is 1. The Morgan fingerprint density at radius 1 is 1.67 bits per heavy atom. The zero-order valence-electron chi connectivity index (χ0n) is 9.79. The summed E-state index contributed by atoms with van der Waals surface area (Å²) in [5.74, 6) is 0.331. The zero-order chi connectivity index (χ0) is 11.4. The van der Waals surface area contributed by atoms with Crippen LogP contribution in [0.25, 0.3) is 0 Å². The highest BCUT2D eigenvalue weighted by atomic mass is 16.1. The fourth-order valence-electron chi connectivity index (χ4n) is 1.55. The predicted octanol–water partition coefficient (Wildman–Crippen LogP) is 1.05. The lowest BCUT2D eigenvalue weighted by molar-refractivity contribution is -0.116. The Morgan fingerprint density at radius 2 is 2.33 bits per heavy atom. The van der Waals surface area contributed by atoms with Gasteiger partial charge in [-0.2, -0.15) is 5.10 Å². The second-order valence-corrected chi connectivity index (χ2v) is 4.25. The Hall–Kier alpha value is -1.32. The molecule has 2 N–H and O–H groups in total. The van der Waals surface area contributed by atoms with E-state index >= 15 is 0 Å². The SMILES string of the molecule is C/C(=C\C(=O)NC(C)C)C1=NNCC1C. The van der Waals surface area contributed by atoms with E-state index in [1.807, 2.05) is 20.8 Å². The van der Waals surface area contributed by atoms with Crippen LogP contribution < -0.4 is 10.7 Å². The second-order valence-electron chi connectivity index (χ2n) is 4.25. The van der Waals surface area contributed by atoms with Crippen molar-refractivity contribution in [1.29, 1.82) is 0 Å². The van der Waals surface area contributed by atoms with Crippen LogP contribution in [0, 0.1) is 5.92 Å². The highest BCUT2D eigenvalue weighted by Crippen LogP contribution is 2.11. The van der Waals surface area contributed by atoms with E-state index in [4.69, 9.17) is 0 Å². The van der Waals surface area contributed by atoms with Gasteiger partial charge in [0.1, 0.15) is 0 Å². The molecule has 0 saturated heterocycles. The molecule has 0 fully saturated rings. The molecule has 0 aliphatic carbocycles. The van der Waals surface area contributed by atoms with Gasteiger partial charge in [0.25, 0.3) is 0 Å². The molecule has 4 heteroatoms. The van der Waals surface area contributed by atoms with Crippen molar-refractivity contribution in [3.05, 3.63) is 11.6 Å². The van der Waals surface area contributed by atoms with Crippen LogP contribution in [0.5, 0.6) is 0 Å². The van der Waals surface area contributed by atoms with Gasteiger partial charge in [0.05, 0.1) is 5.71 Å². The first-order valence-corrected chi connectivity index (χ1v) is 5.30. The van der Waals surface area contributed by atoms with E-state index in [1.54, 1.807) is 6.08 Å². The number of hydrogen-bond donors (Lipinski definition) is 2. The first-order valence-electron chi connectivity index (χ1n) is 5.30. The second kappa shape index (κ2) is 4.96. The van der Waals surface area contributed by atoms with E-state index in [0.717, 1.165) is 17.8 Å². The molecule has 1 rings (SSSR count). The van der Waals surface area contributed by atoms with Gasteiger partial charge in [0.2, 0.25) is 5.91 Å². The lowest BCUT2D eigenvalue weighted by Gasteiger charge is -2.08. The maximum absolute atomic E-state index is 11.5. The smallest absolute Gasteiger partial charge is 0.244 e. The Kier molecular flexibility index (Phi) is 3.88. The average Bonchev–Trinajstić information content (AvgIpc) is 2.49. The molecular formula is C11H19N3O. The number of nitrogens with one attached hydrogen (secondary N) is 2. The van der Waals surface area contributed by atoms with Crippen LogP contribution in [0.4, 0.5) is 0 Å². The number of allylic oxidation sites excluding steroid dienone is 1. The lowest BCUT2D eigenvalue weighted by atomic mass is 10.0. The van der Waals surface area contributed by atoms with Gasteiger partial charge in [0.15, 0.2) is 0 Å². The minimum Gasteiger partial charge on any atom is -0.350 e. The molecule has 1 amide bonds. The van der Waals surface area contributed by atoms with Crippen molar-refractivity contribution in [2.75, 3.05) is 6.54 Å². The molecule has 84 valence electrons. The summed E-state index contributed by atoms with van der Waals surface area (Å²) in [4.78, 5) is 11.5. The van der Waals surface area contributed by atoms with Gasteiger partial charge < -0.3 is 10.7 Å². The number of amides is 1. The van der Waals surface area contributed by atoms with E-state index < -0.39 is 0 Å². The number of hydrogen-bond acceptors (Lipinski definition) is 3. The molecule has 0 saturated carbocycles. The highest BCUT2D eigenvalue weighted by Gasteiger charge is 2.18. The quantitative estimate of drug-likeness (QED) is 0.683. The minimum absolute atomic E-state index is 0.0516. The van der Waals surface area contributed by atoms with Gasteiger partial charge >= 0.3 is 0 Å². The van der Waals surface area contributed by atoms with Crippen LogP contribution in [0.15, 0.2) is 16.8 Å². The molecule has 1 atom stereocenters. The molecule has 0 radical (unpaired) electrons. The summed E-state index contributed by atoms with van der Waals surface area (Å²) < 4.78 is 0. The number of nitrogens with zero attached hydrogens (tertiary/aromatic N) is 1. The molecular weight excluding hydrogens is 190 g/mol. The third kappa shape index (κ3) is 3.38. The molecule has 0 bridgehead atoms. The van der Waals surface area contributed by atoms with Gasteiger partial charge in [-0.05, 0) is 26.3 Å². The van der Waals surface area contributed by atoms with Gasteiger partial charge in [-0.25, -0.2) is 0 Å². The molecule has 0 aromatic heterocycles. The summed E-state index contributed by atoms with van der Waals surface area (Å²) >= 11 is 0. The fraction of sp³-hybridized carbons (Fsp3) is 0.636. The summed E-state index contributed by atoms with van der Waals surface area (Å²) in [6, 6.07) is 0.169. The minimum atomic E-state index is -0.0516. The largest absolute Gasteiger partial charge is 0.350 e. The van der Waals surface area contributed by atoms with Crippen molar-refractivity contribution in [1.82, 2.24) is 10.7 Å². The van der Waals surface area contributed by atoms with Crippen LogP contribution in [0.2, 0.25) is 0 Å². The van der Waals surface area contributed by atoms with Crippen molar-refractivity contribution < 1.29 is 4.79 Å². The van der Waals surface area contributed by atoms with Crippen LogP contribution in [0.1, 0.15) is 27.7 Å². The van der Waals surface area contributed by atoms with Gasteiger partial charge in [-0.3, -0.25) is 4.79 Å². The van der Waals surface area contributed by atoms with Crippen molar-refractivity contribution in [3.63, 3.8) is 0 Å². The van der Waals surface area contributed by atoms with E-state index in [1.165, 1.54) is 0 Å². The number of rotatable bonds is 3. The predicted molar refractivity (Wildman–Crippen MR) is 61.6 cm³/mol. The molecule has 1 aliphatic heterocycles. The van der Waals surface area contributed by atoms with Crippen LogP contribution >= 0.6 is 0 Å². The van der Waals surface area contributed by atoms with Crippen molar-refractivity contribution in [3.8, 4) is 0 Å². The van der Waals surface area contributed by atoms with Gasteiger partial charge in [-0.1, -0.05) is 6.92 Å². The Bertz CT molecular complexity index is 305. The fourth-order valence-corrected chi connectivity index (χ4v) is 1.55. The molecule has 0 aromatic rings. The van der Waals surface area contributed by atoms with E-state index in [9.17, 15) is 4.79 Å². The lowest BCUT2D eigenvalue weighted by Crippen LogP contribution is -2.29. The van der Waals surface area contributed by atoms with E-state index in [0.29, 0.717) is 5.92 Å². The highest BCUT2D eigenvalue weighted by molar-refractivity contribution is 6.06. The summed E-state index contributed by atoms with van der Waals surface area (Å²) in [7, 11) is 0. The van der Waals surface area contributed by atoms with Gasteiger partial charge in [-0.15, -0.1) is 0 Å². The maximum atomic E-state index is 11.5. The topological polar surface area (TPSA) is 53.5 Å². The standard InChI is InChI=1S/C11H19N3O/c1-7(2)13-10(15)5-8(3)11-9(4)6-12-14-11/h5,7,9,12H,6H2,1-4H3,(H,13,15)/b8-5+. The summed E-state index contributed by atoms with van der Waals surface area (Å²) in [6.45, 7) is 8.75. The van der Waals surface area contributed by atoms with Crippen LogP contribution in [-0.2, 0) is 4.79 Å². The molecule has 0 spiro atoms. The van der Waals surface area contributed by atoms with E-state index in [-0.39, 0.29) is 11.9 Å². The summed E-state index contributed by atoms with van der Waals surface area (Å²) in [6.07, 6.45) is 1.61. The zero-order valence-corrected chi connectivity index (χ0v) is 9.79. The Labute approximate surface area is 90.8 Å². The number of carbonyl (C=O) groups excluding carboxylic acids is 1. The molecule has 4 nitrogen and oxygen atoms in total. The Morgan fingerprint density at radius 3 is 2.80 bits per heavy atom. The van der Waals surface area contributed by atoms with E-state index in [2.05, 4.69) is 22.8 Å². The third-order valence-electron chi connectivity index (χ3n) is 2.25. The summed E-state index contributed by atoms with van der Waals surface area (Å²) in [5, 5.41) is 6.99. The normalized spacial score (nSPS) is 21.3. The first-order chi connectivity index (χ1) is 7.00. The maximum Gasteiger partial charge on any atom is 0.244 e. The van der Waals surface area contributed by atoms with Gasteiger partial charge in [0, 0.05) is 24.6 Å². The summed E-state index contributed by atoms with van der Waals surface area (Å²) in [5.41, 5.74) is 4.85. The van der Waals surface area contributed by atoms with Crippen molar-refractivity contribution in [2.45, 2.75) is 33.7 Å². The first kappa shape index (κ1) is 11.8. The third-order valence-corrected chi connectivity index (χ3v) is 2.25. The van der Waals surface area contributed by atoms with Crippen LogP contribution in [0.3, 0.4) is 0 Å². The molecule has 1 aliphatic rings. The Balaban J connectivity index is 2.63. The monoisotopic (exact) mass is 209 g/mol.